The number of nitrogens with zero attached hydrogens (tertiary/aromatic N) is 4. The van der Waals surface area contributed by atoms with Gasteiger partial charge in [0.1, 0.15) is 10.8 Å². The van der Waals surface area contributed by atoms with Crippen LogP contribution >= 0.6 is 11.3 Å². The van der Waals surface area contributed by atoms with Crippen LogP contribution < -0.4 is 10.5 Å². The van der Waals surface area contributed by atoms with Crippen LogP contribution in [0.3, 0.4) is 0 Å². The summed E-state index contributed by atoms with van der Waals surface area (Å²) in [5.41, 5.74) is 8.88. The van der Waals surface area contributed by atoms with Gasteiger partial charge < -0.3 is 19.8 Å². The van der Waals surface area contributed by atoms with Crippen LogP contribution in [0.25, 0.3) is 11.5 Å². The third-order valence-electron chi connectivity index (χ3n) is 6.40. The van der Waals surface area contributed by atoms with Gasteiger partial charge in [0.05, 0.1) is 18.7 Å². The first-order valence-corrected chi connectivity index (χ1v) is 12.8. The molecule has 2 aromatic heterocycles. The number of rotatable bonds is 7. The van der Waals surface area contributed by atoms with Crippen molar-refractivity contribution in [3.63, 3.8) is 0 Å². The van der Waals surface area contributed by atoms with Gasteiger partial charge in [0, 0.05) is 28.7 Å². The van der Waals surface area contributed by atoms with Gasteiger partial charge in [0.25, 0.3) is 5.91 Å². The van der Waals surface area contributed by atoms with E-state index in [9.17, 15) is 4.79 Å². The van der Waals surface area contributed by atoms with Gasteiger partial charge in [0.2, 0.25) is 11.8 Å². The summed E-state index contributed by atoms with van der Waals surface area (Å²) in [7, 11) is 1.57. The first-order valence-electron chi connectivity index (χ1n) is 11.9. The fourth-order valence-electron chi connectivity index (χ4n) is 4.59. The summed E-state index contributed by atoms with van der Waals surface area (Å²) in [5.74, 6) is 1.08. The molecule has 2 atom stereocenters. The van der Waals surface area contributed by atoms with Crippen LogP contribution in [0.15, 0.2) is 58.3 Å². The number of benzene rings is 2. The lowest BCUT2D eigenvalue weighted by molar-refractivity contribution is 0.0735. The molecule has 5 rings (SSSR count). The normalized spacial score (nSPS) is 17.2. The van der Waals surface area contributed by atoms with Crippen LogP contribution in [0.5, 0.6) is 5.75 Å². The molecule has 2 aromatic carbocycles. The Balaban J connectivity index is 1.42. The lowest BCUT2D eigenvalue weighted by atomic mass is 9.94. The molecule has 0 saturated carbocycles. The fraction of sp³-hybridized carbons (Fsp3) is 0.333. The fourth-order valence-corrected chi connectivity index (χ4v) is 5.53. The molecule has 0 radical (unpaired) electrons. The Bertz CT molecular complexity index is 1360. The number of amides is 1. The average molecular weight is 504 g/mol. The molecule has 1 fully saturated rings. The van der Waals surface area contributed by atoms with E-state index in [1.54, 1.807) is 36.6 Å². The molecule has 0 spiro atoms. The third-order valence-corrected chi connectivity index (χ3v) is 7.46. The highest BCUT2D eigenvalue weighted by atomic mass is 32.1. The zero-order valence-corrected chi connectivity index (χ0v) is 21.4. The van der Waals surface area contributed by atoms with E-state index in [0.29, 0.717) is 35.7 Å². The molecule has 186 valence electrons. The molecule has 0 unspecified atom stereocenters. The molecule has 1 aliphatic heterocycles. The molecule has 1 saturated heterocycles. The Morgan fingerprint density at radius 3 is 2.78 bits per heavy atom. The quantitative estimate of drug-likeness (QED) is 0.382. The van der Waals surface area contributed by atoms with Gasteiger partial charge in [0.15, 0.2) is 0 Å². The van der Waals surface area contributed by atoms with Crippen molar-refractivity contribution in [2.45, 2.75) is 44.7 Å². The number of nitrogens with two attached hydrogens (primary N) is 1. The minimum Gasteiger partial charge on any atom is -0.497 e. The van der Waals surface area contributed by atoms with Gasteiger partial charge in [-0.1, -0.05) is 30.3 Å². The van der Waals surface area contributed by atoms with Crippen molar-refractivity contribution in [1.29, 1.82) is 0 Å². The lowest BCUT2D eigenvalue weighted by Gasteiger charge is -2.23. The van der Waals surface area contributed by atoms with Gasteiger partial charge in [-0.15, -0.1) is 21.5 Å². The van der Waals surface area contributed by atoms with Crippen LogP contribution in [-0.4, -0.2) is 39.6 Å². The Kier molecular flexibility index (Phi) is 6.59. The zero-order chi connectivity index (χ0) is 25.3. The Hall–Kier alpha value is -3.56. The Labute approximate surface area is 214 Å². The minimum absolute atomic E-state index is 0.0169. The molecular formula is C27H29N5O3S. The Morgan fingerprint density at radius 1 is 1.25 bits per heavy atom. The summed E-state index contributed by atoms with van der Waals surface area (Å²) in [4.78, 5) is 20.1. The second-order valence-electron chi connectivity index (χ2n) is 9.43. The van der Waals surface area contributed by atoms with Crippen molar-refractivity contribution in [3.8, 4) is 17.2 Å². The smallest absolute Gasteiger partial charge is 0.254 e. The van der Waals surface area contributed by atoms with Crippen molar-refractivity contribution in [1.82, 2.24) is 20.1 Å². The lowest BCUT2D eigenvalue weighted by Crippen LogP contribution is -2.35. The van der Waals surface area contributed by atoms with Crippen molar-refractivity contribution < 1.29 is 13.9 Å². The van der Waals surface area contributed by atoms with Crippen molar-refractivity contribution >= 4 is 17.2 Å². The standard InChI is InChI=1S/C27H29N5O3S/c1-17-16-36-24(29-17)22-10-7-11-32(22)25(33)20-12-19(13-21(14-20)34-3)23-30-31-26(35-23)27(2,28)15-18-8-5-4-6-9-18/h4-6,8-9,12-14,16,22H,7,10-11,15,28H2,1-3H3/t22-,27-/m1/s1. The molecular weight excluding hydrogens is 474 g/mol. The molecule has 1 aliphatic rings. The maximum Gasteiger partial charge on any atom is 0.254 e. The highest BCUT2D eigenvalue weighted by Crippen LogP contribution is 2.36. The molecule has 9 heteroatoms. The number of ether oxygens (including phenoxy) is 1. The molecule has 36 heavy (non-hydrogen) atoms. The monoisotopic (exact) mass is 503 g/mol. The van der Waals surface area contributed by atoms with Crippen LogP contribution in [-0.2, 0) is 12.0 Å². The summed E-state index contributed by atoms with van der Waals surface area (Å²) in [6.45, 7) is 4.52. The maximum atomic E-state index is 13.6. The largest absolute Gasteiger partial charge is 0.497 e. The molecule has 0 bridgehead atoms. The minimum atomic E-state index is -0.848. The third kappa shape index (κ3) is 4.89. The van der Waals surface area contributed by atoms with E-state index in [2.05, 4.69) is 15.2 Å². The average Bonchev–Trinajstić information content (AvgIpc) is 3.64. The number of likely N-dealkylation sites (tertiary alicyclic amines) is 1. The van der Waals surface area contributed by atoms with Gasteiger partial charge in [-0.2, -0.15) is 0 Å². The SMILES string of the molecule is COc1cc(C(=O)N2CCC[C@@H]2c2nc(C)cs2)cc(-c2nnc([C@](C)(N)Cc3ccccc3)o2)c1. The van der Waals surface area contributed by atoms with E-state index in [1.165, 1.54) is 0 Å². The maximum absolute atomic E-state index is 13.6. The number of aryl methyl sites for hydroxylation is 1. The van der Waals surface area contributed by atoms with E-state index in [-0.39, 0.29) is 17.8 Å². The van der Waals surface area contributed by atoms with Gasteiger partial charge in [-0.05, 0) is 56.9 Å². The number of hydrogen-bond acceptors (Lipinski definition) is 8. The second kappa shape index (κ2) is 9.83. The molecule has 4 aromatic rings. The number of hydrogen-bond donors (Lipinski definition) is 1. The van der Waals surface area contributed by atoms with Crippen LogP contribution in [0.2, 0.25) is 0 Å². The van der Waals surface area contributed by atoms with E-state index >= 15 is 0 Å². The summed E-state index contributed by atoms with van der Waals surface area (Å²) in [6.07, 6.45) is 2.39. The van der Waals surface area contributed by atoms with Crippen LogP contribution in [0, 0.1) is 6.92 Å². The predicted octanol–water partition coefficient (Wildman–Crippen LogP) is 4.90. The Morgan fingerprint density at radius 2 is 2.06 bits per heavy atom. The van der Waals surface area contributed by atoms with Crippen molar-refractivity contribution in [3.05, 3.63) is 81.6 Å². The zero-order valence-electron chi connectivity index (χ0n) is 20.6. The van der Waals surface area contributed by atoms with Crippen LogP contribution in [0.4, 0.5) is 0 Å². The van der Waals surface area contributed by atoms with E-state index in [1.807, 2.05) is 54.5 Å². The molecule has 0 aliphatic carbocycles. The summed E-state index contributed by atoms with van der Waals surface area (Å²) < 4.78 is 11.5. The van der Waals surface area contributed by atoms with E-state index < -0.39 is 5.54 Å². The molecule has 8 nitrogen and oxygen atoms in total. The number of carbonyl (C=O) groups is 1. The van der Waals surface area contributed by atoms with Gasteiger partial charge >= 0.3 is 0 Å². The number of thiazole rings is 1. The highest BCUT2D eigenvalue weighted by Gasteiger charge is 2.33. The summed E-state index contributed by atoms with van der Waals surface area (Å²) in [5, 5.41) is 11.5. The van der Waals surface area contributed by atoms with Crippen molar-refractivity contribution in [2.24, 2.45) is 5.73 Å². The highest BCUT2D eigenvalue weighted by molar-refractivity contribution is 7.09. The molecule has 3 heterocycles. The number of aromatic nitrogens is 3. The van der Waals surface area contributed by atoms with E-state index in [4.69, 9.17) is 14.9 Å². The van der Waals surface area contributed by atoms with Crippen molar-refractivity contribution in [2.75, 3.05) is 13.7 Å². The van der Waals surface area contributed by atoms with Gasteiger partial charge in [-0.3, -0.25) is 4.79 Å². The molecule has 2 N–H and O–H groups in total. The predicted molar refractivity (Wildman–Crippen MR) is 138 cm³/mol. The summed E-state index contributed by atoms with van der Waals surface area (Å²) in [6, 6.07) is 15.2. The second-order valence-corrected chi connectivity index (χ2v) is 10.3. The topological polar surface area (TPSA) is 107 Å². The van der Waals surface area contributed by atoms with Gasteiger partial charge in [-0.25, -0.2) is 4.98 Å². The number of carbonyl (C=O) groups excluding carboxylic acids is 1. The first kappa shape index (κ1) is 24.1. The first-order chi connectivity index (χ1) is 17.3. The summed E-state index contributed by atoms with van der Waals surface area (Å²) >= 11 is 1.60. The number of methoxy groups -OCH3 is 1. The van der Waals surface area contributed by atoms with E-state index in [0.717, 1.165) is 29.1 Å². The molecule has 1 amide bonds. The van der Waals surface area contributed by atoms with Crippen LogP contribution in [0.1, 0.15) is 58.3 Å².